The second kappa shape index (κ2) is 7.78. The number of likely N-dealkylation sites (tertiary alicyclic amines) is 3. The van der Waals surface area contributed by atoms with Crippen LogP contribution >= 0.6 is 0 Å². The first-order chi connectivity index (χ1) is 12.7. The third-order valence-corrected chi connectivity index (χ3v) is 6.22. The number of amides is 2. The van der Waals surface area contributed by atoms with E-state index in [1.807, 2.05) is 4.90 Å². The van der Waals surface area contributed by atoms with Gasteiger partial charge in [0, 0.05) is 45.0 Å². The zero-order chi connectivity index (χ0) is 17.9. The zero-order valence-corrected chi connectivity index (χ0v) is 15.4. The molecule has 4 rings (SSSR count). The minimum atomic E-state index is 0.0432. The summed E-state index contributed by atoms with van der Waals surface area (Å²) in [6.07, 6.45) is 8.05. The van der Waals surface area contributed by atoms with Crippen LogP contribution in [0.4, 0.5) is 0 Å². The van der Waals surface area contributed by atoms with Gasteiger partial charge >= 0.3 is 0 Å². The second-order valence-electron chi connectivity index (χ2n) is 7.86. The highest BCUT2D eigenvalue weighted by molar-refractivity contribution is 5.92. The van der Waals surface area contributed by atoms with E-state index in [0.29, 0.717) is 17.6 Å². The third-order valence-electron chi connectivity index (χ3n) is 6.22. The summed E-state index contributed by atoms with van der Waals surface area (Å²) in [7, 11) is 0. The zero-order valence-electron chi connectivity index (χ0n) is 15.4. The Morgan fingerprint density at radius 2 is 1.73 bits per heavy atom. The van der Waals surface area contributed by atoms with Crippen molar-refractivity contribution in [3.05, 3.63) is 18.0 Å². The molecule has 0 spiro atoms. The molecule has 2 amide bonds. The van der Waals surface area contributed by atoms with Crippen molar-refractivity contribution < 1.29 is 9.59 Å². The molecule has 0 saturated carbocycles. The highest BCUT2D eigenvalue weighted by Gasteiger charge is 2.34. The molecule has 3 aliphatic heterocycles. The van der Waals surface area contributed by atoms with Crippen molar-refractivity contribution in [2.24, 2.45) is 5.92 Å². The number of aromatic nitrogens is 2. The van der Waals surface area contributed by atoms with Crippen LogP contribution in [0.3, 0.4) is 0 Å². The van der Waals surface area contributed by atoms with E-state index in [1.54, 1.807) is 12.3 Å². The molecule has 1 unspecified atom stereocenters. The normalized spacial score (nSPS) is 25.6. The van der Waals surface area contributed by atoms with Crippen molar-refractivity contribution in [3.63, 3.8) is 0 Å². The number of aromatic amines is 1. The van der Waals surface area contributed by atoms with Gasteiger partial charge in [-0.2, -0.15) is 5.10 Å². The Kier molecular flexibility index (Phi) is 5.24. The Morgan fingerprint density at radius 1 is 0.962 bits per heavy atom. The molecule has 1 atom stereocenters. The summed E-state index contributed by atoms with van der Waals surface area (Å²) in [5, 5.41) is 6.63. The highest BCUT2D eigenvalue weighted by atomic mass is 16.2. The minimum Gasteiger partial charge on any atom is -0.342 e. The van der Waals surface area contributed by atoms with Crippen molar-refractivity contribution in [2.75, 3.05) is 39.3 Å². The Morgan fingerprint density at radius 3 is 2.42 bits per heavy atom. The van der Waals surface area contributed by atoms with Crippen LogP contribution in [-0.2, 0) is 4.79 Å². The van der Waals surface area contributed by atoms with E-state index in [0.717, 1.165) is 77.8 Å². The Hall–Kier alpha value is -1.89. The molecule has 0 bridgehead atoms. The van der Waals surface area contributed by atoms with E-state index in [9.17, 15) is 9.59 Å². The van der Waals surface area contributed by atoms with Gasteiger partial charge in [0.15, 0.2) is 0 Å². The number of H-pyrrole nitrogens is 1. The fourth-order valence-corrected chi connectivity index (χ4v) is 4.71. The lowest BCUT2D eigenvalue weighted by molar-refractivity contribution is -0.136. The topological polar surface area (TPSA) is 72.5 Å². The van der Waals surface area contributed by atoms with Crippen LogP contribution in [0.15, 0.2) is 12.3 Å². The largest absolute Gasteiger partial charge is 0.342 e. The molecule has 1 N–H and O–H groups in total. The number of rotatable bonds is 3. The lowest BCUT2D eigenvalue weighted by atomic mass is 9.93. The summed E-state index contributed by atoms with van der Waals surface area (Å²) in [4.78, 5) is 31.7. The average Bonchev–Trinajstić information content (AvgIpc) is 3.41. The molecule has 0 radical (unpaired) electrons. The van der Waals surface area contributed by atoms with Crippen LogP contribution in [0.5, 0.6) is 0 Å². The fourth-order valence-electron chi connectivity index (χ4n) is 4.71. The van der Waals surface area contributed by atoms with Crippen LogP contribution < -0.4 is 0 Å². The van der Waals surface area contributed by atoms with Crippen LogP contribution in [-0.4, -0.2) is 82.0 Å². The summed E-state index contributed by atoms with van der Waals surface area (Å²) < 4.78 is 0. The SMILES string of the molecule is O=C(c1ccn[nH]1)N1CCC(N2CCCC(C(=O)N3CCCC3)C2)CC1. The number of hydrogen-bond acceptors (Lipinski definition) is 4. The Balaban J connectivity index is 1.30. The highest BCUT2D eigenvalue weighted by Crippen LogP contribution is 2.26. The second-order valence-corrected chi connectivity index (χ2v) is 7.86. The van der Waals surface area contributed by atoms with E-state index in [1.165, 1.54) is 0 Å². The molecule has 1 aromatic rings. The first kappa shape index (κ1) is 17.5. The molecular weight excluding hydrogens is 330 g/mol. The van der Waals surface area contributed by atoms with Gasteiger partial charge in [-0.25, -0.2) is 0 Å². The summed E-state index contributed by atoms with van der Waals surface area (Å²) in [6.45, 7) is 5.44. The van der Waals surface area contributed by atoms with Crippen molar-refractivity contribution in [1.29, 1.82) is 0 Å². The van der Waals surface area contributed by atoms with Crippen molar-refractivity contribution in [3.8, 4) is 0 Å². The van der Waals surface area contributed by atoms with Gasteiger partial charge in [-0.3, -0.25) is 19.6 Å². The van der Waals surface area contributed by atoms with Crippen molar-refractivity contribution in [2.45, 2.75) is 44.6 Å². The number of hydrogen-bond donors (Lipinski definition) is 1. The first-order valence-corrected chi connectivity index (χ1v) is 10.0. The van der Waals surface area contributed by atoms with Crippen LogP contribution in [0.25, 0.3) is 0 Å². The quantitative estimate of drug-likeness (QED) is 0.884. The van der Waals surface area contributed by atoms with E-state index in [4.69, 9.17) is 0 Å². The van der Waals surface area contributed by atoms with Gasteiger partial charge in [0.05, 0.1) is 5.92 Å². The maximum absolute atomic E-state index is 12.7. The molecular formula is C19H29N5O2. The lowest BCUT2D eigenvalue weighted by Gasteiger charge is -2.42. The van der Waals surface area contributed by atoms with Gasteiger partial charge in [0.1, 0.15) is 5.69 Å². The van der Waals surface area contributed by atoms with E-state index in [-0.39, 0.29) is 11.8 Å². The molecule has 7 nitrogen and oxygen atoms in total. The molecule has 7 heteroatoms. The summed E-state index contributed by atoms with van der Waals surface area (Å²) in [6, 6.07) is 2.23. The molecule has 0 aromatic carbocycles. The fraction of sp³-hybridized carbons (Fsp3) is 0.737. The monoisotopic (exact) mass is 359 g/mol. The molecule has 3 fully saturated rings. The maximum Gasteiger partial charge on any atom is 0.271 e. The predicted molar refractivity (Wildman–Crippen MR) is 97.6 cm³/mol. The van der Waals surface area contributed by atoms with E-state index < -0.39 is 0 Å². The Bertz CT molecular complexity index is 618. The van der Waals surface area contributed by atoms with Gasteiger partial charge in [0.2, 0.25) is 5.91 Å². The Labute approximate surface area is 154 Å². The van der Waals surface area contributed by atoms with Crippen LogP contribution in [0.1, 0.15) is 49.0 Å². The number of carbonyl (C=O) groups is 2. The molecule has 26 heavy (non-hydrogen) atoms. The van der Waals surface area contributed by atoms with Crippen LogP contribution in [0, 0.1) is 5.92 Å². The molecule has 1 aromatic heterocycles. The van der Waals surface area contributed by atoms with Gasteiger partial charge in [-0.15, -0.1) is 0 Å². The number of piperidine rings is 2. The molecule has 0 aliphatic carbocycles. The van der Waals surface area contributed by atoms with Gasteiger partial charge in [0.25, 0.3) is 5.91 Å². The predicted octanol–water partition coefficient (Wildman–Crippen LogP) is 1.35. The summed E-state index contributed by atoms with van der Waals surface area (Å²) in [5.74, 6) is 0.590. The van der Waals surface area contributed by atoms with Crippen molar-refractivity contribution in [1.82, 2.24) is 24.9 Å². The lowest BCUT2D eigenvalue weighted by Crippen LogP contribution is -2.51. The van der Waals surface area contributed by atoms with Crippen LogP contribution in [0.2, 0.25) is 0 Å². The summed E-state index contributed by atoms with van der Waals surface area (Å²) >= 11 is 0. The maximum atomic E-state index is 12.7. The average molecular weight is 359 g/mol. The van der Waals surface area contributed by atoms with E-state index >= 15 is 0 Å². The summed E-state index contributed by atoms with van der Waals surface area (Å²) in [5.41, 5.74) is 0.567. The number of nitrogens with zero attached hydrogens (tertiary/aromatic N) is 4. The van der Waals surface area contributed by atoms with Crippen molar-refractivity contribution >= 4 is 11.8 Å². The molecule has 3 saturated heterocycles. The third kappa shape index (κ3) is 3.63. The number of nitrogens with one attached hydrogen (secondary N) is 1. The smallest absolute Gasteiger partial charge is 0.271 e. The van der Waals surface area contributed by atoms with E-state index in [2.05, 4.69) is 20.0 Å². The van der Waals surface area contributed by atoms with Gasteiger partial charge in [-0.05, 0) is 51.1 Å². The standard InChI is InChI=1S/C19H29N5O2/c25-18(22-9-1-2-10-22)15-4-3-11-24(14-15)16-6-12-23(13-7-16)19(26)17-5-8-20-21-17/h5,8,15-16H,1-4,6-7,9-14H2,(H,20,21). The van der Waals surface area contributed by atoms with Gasteiger partial charge in [-0.1, -0.05) is 0 Å². The number of carbonyl (C=O) groups excluding carboxylic acids is 2. The first-order valence-electron chi connectivity index (χ1n) is 10.0. The van der Waals surface area contributed by atoms with Gasteiger partial charge < -0.3 is 9.80 Å². The molecule has 3 aliphatic rings. The minimum absolute atomic E-state index is 0.0432. The molecule has 4 heterocycles. The molecule has 142 valence electrons.